The highest BCUT2D eigenvalue weighted by Gasteiger charge is 2.06. The van der Waals surface area contributed by atoms with Crippen molar-refractivity contribution in [3.8, 4) is 16.9 Å². The summed E-state index contributed by atoms with van der Waals surface area (Å²) in [5, 5.41) is 12.3. The molecule has 0 unspecified atom stereocenters. The third-order valence-electron chi connectivity index (χ3n) is 2.63. The second-order valence-corrected chi connectivity index (χ2v) is 4.05. The second-order valence-electron chi connectivity index (χ2n) is 4.05. The summed E-state index contributed by atoms with van der Waals surface area (Å²) in [4.78, 5) is 0. The number of nitrogen functional groups attached to an aromatic ring is 1. The molecule has 0 radical (unpaired) electrons. The molecule has 2 aromatic heterocycles. The lowest BCUT2D eigenvalue weighted by atomic mass is 10.2. The molecule has 1 aromatic carbocycles. The fraction of sp³-hybridized carbons (Fsp3) is 0.0833. The van der Waals surface area contributed by atoms with Gasteiger partial charge in [0.05, 0.1) is 18.1 Å². The van der Waals surface area contributed by atoms with Gasteiger partial charge in [0.15, 0.2) is 0 Å². The molecular weight excluding hydrogens is 228 g/mol. The molecule has 0 bridgehead atoms. The molecule has 0 amide bonds. The van der Waals surface area contributed by atoms with Gasteiger partial charge in [0, 0.05) is 24.5 Å². The van der Waals surface area contributed by atoms with Gasteiger partial charge in [-0.2, -0.15) is 5.10 Å². The molecular formula is C12H12N6. The Morgan fingerprint density at radius 3 is 2.83 bits per heavy atom. The van der Waals surface area contributed by atoms with Gasteiger partial charge in [0.2, 0.25) is 0 Å². The quantitative estimate of drug-likeness (QED) is 0.684. The molecule has 0 saturated heterocycles. The predicted octanol–water partition coefficient (Wildman–Crippen LogP) is 1.25. The van der Waals surface area contributed by atoms with Crippen molar-refractivity contribution in [3.63, 3.8) is 0 Å². The maximum absolute atomic E-state index is 5.74. The van der Waals surface area contributed by atoms with Crippen molar-refractivity contribution in [1.82, 2.24) is 24.8 Å². The summed E-state index contributed by atoms with van der Waals surface area (Å²) in [6, 6.07) is 7.50. The van der Waals surface area contributed by atoms with Crippen LogP contribution in [0.2, 0.25) is 0 Å². The highest BCUT2D eigenvalue weighted by molar-refractivity contribution is 5.56. The van der Waals surface area contributed by atoms with E-state index < -0.39 is 0 Å². The number of hydrogen-bond donors (Lipinski definition) is 1. The molecule has 3 rings (SSSR count). The number of nitrogens with two attached hydrogens (primary N) is 1. The molecule has 0 spiro atoms. The number of hydrogen-bond acceptors (Lipinski definition) is 4. The molecule has 18 heavy (non-hydrogen) atoms. The molecule has 0 saturated carbocycles. The second kappa shape index (κ2) is 3.99. The van der Waals surface area contributed by atoms with E-state index in [2.05, 4.69) is 15.4 Å². The lowest BCUT2D eigenvalue weighted by Crippen LogP contribution is -1.95. The first-order valence-electron chi connectivity index (χ1n) is 5.50. The molecule has 0 aliphatic rings. The van der Waals surface area contributed by atoms with Gasteiger partial charge in [0.1, 0.15) is 5.69 Å². The monoisotopic (exact) mass is 240 g/mol. The van der Waals surface area contributed by atoms with E-state index >= 15 is 0 Å². The lowest BCUT2D eigenvalue weighted by Gasteiger charge is -1.99. The van der Waals surface area contributed by atoms with Crippen LogP contribution in [0, 0.1) is 0 Å². The van der Waals surface area contributed by atoms with E-state index in [0.717, 1.165) is 16.9 Å². The SMILES string of the molecule is Cn1cc(-c2cn(-c3cccc(N)c3)nn2)cn1. The van der Waals surface area contributed by atoms with E-state index in [0.29, 0.717) is 5.69 Å². The lowest BCUT2D eigenvalue weighted by molar-refractivity contribution is 0.768. The highest BCUT2D eigenvalue weighted by atomic mass is 15.4. The van der Waals surface area contributed by atoms with E-state index in [-0.39, 0.29) is 0 Å². The molecule has 6 heteroatoms. The van der Waals surface area contributed by atoms with Crippen molar-refractivity contribution >= 4 is 5.69 Å². The fourth-order valence-corrected chi connectivity index (χ4v) is 1.74. The standard InChI is InChI=1S/C12H12N6/c1-17-7-9(6-14-17)12-8-18(16-15-12)11-4-2-3-10(13)5-11/h2-8H,13H2,1H3. The molecule has 90 valence electrons. The van der Waals surface area contributed by atoms with E-state index in [9.17, 15) is 0 Å². The first-order chi connectivity index (χ1) is 8.72. The maximum atomic E-state index is 5.74. The van der Waals surface area contributed by atoms with Crippen molar-refractivity contribution < 1.29 is 0 Å². The minimum absolute atomic E-state index is 0.700. The van der Waals surface area contributed by atoms with Gasteiger partial charge in [-0.15, -0.1) is 5.10 Å². The average Bonchev–Trinajstić information content (AvgIpc) is 2.97. The van der Waals surface area contributed by atoms with Crippen LogP contribution >= 0.6 is 0 Å². The summed E-state index contributed by atoms with van der Waals surface area (Å²) >= 11 is 0. The van der Waals surface area contributed by atoms with Crippen LogP contribution in [0.5, 0.6) is 0 Å². The zero-order valence-corrected chi connectivity index (χ0v) is 9.85. The Hall–Kier alpha value is -2.63. The van der Waals surface area contributed by atoms with Gasteiger partial charge in [-0.25, -0.2) is 4.68 Å². The van der Waals surface area contributed by atoms with Crippen LogP contribution in [-0.2, 0) is 7.05 Å². The summed E-state index contributed by atoms with van der Waals surface area (Å²) in [7, 11) is 1.87. The Labute approximate surface area is 104 Å². The van der Waals surface area contributed by atoms with E-state index in [1.807, 2.05) is 43.7 Å². The molecule has 0 atom stereocenters. The minimum Gasteiger partial charge on any atom is -0.399 e. The van der Waals surface area contributed by atoms with Gasteiger partial charge >= 0.3 is 0 Å². The van der Waals surface area contributed by atoms with Crippen LogP contribution < -0.4 is 5.73 Å². The van der Waals surface area contributed by atoms with Gasteiger partial charge in [-0.3, -0.25) is 4.68 Å². The number of rotatable bonds is 2. The first kappa shape index (κ1) is 10.5. The van der Waals surface area contributed by atoms with Crippen molar-refractivity contribution in [2.75, 3.05) is 5.73 Å². The van der Waals surface area contributed by atoms with E-state index in [1.165, 1.54) is 0 Å². The van der Waals surface area contributed by atoms with Gasteiger partial charge < -0.3 is 5.73 Å². The summed E-state index contributed by atoms with van der Waals surface area (Å²) < 4.78 is 3.42. The van der Waals surface area contributed by atoms with Crippen LogP contribution in [-0.4, -0.2) is 24.8 Å². The topological polar surface area (TPSA) is 74.5 Å². The molecule has 0 aliphatic carbocycles. The van der Waals surface area contributed by atoms with Crippen molar-refractivity contribution in [2.45, 2.75) is 0 Å². The van der Waals surface area contributed by atoms with E-state index in [1.54, 1.807) is 15.6 Å². The minimum atomic E-state index is 0.700. The summed E-state index contributed by atoms with van der Waals surface area (Å²) in [6.45, 7) is 0. The zero-order valence-electron chi connectivity index (χ0n) is 9.85. The largest absolute Gasteiger partial charge is 0.399 e. The third-order valence-corrected chi connectivity index (χ3v) is 2.63. The summed E-state index contributed by atoms with van der Waals surface area (Å²) in [6.07, 6.45) is 5.51. The van der Waals surface area contributed by atoms with Crippen molar-refractivity contribution in [2.24, 2.45) is 7.05 Å². The van der Waals surface area contributed by atoms with Crippen molar-refractivity contribution in [1.29, 1.82) is 0 Å². The van der Waals surface area contributed by atoms with Gasteiger partial charge in [-0.05, 0) is 18.2 Å². The Morgan fingerprint density at radius 2 is 2.11 bits per heavy atom. The summed E-state index contributed by atoms with van der Waals surface area (Å²) in [5.41, 5.74) is 9.05. The predicted molar refractivity (Wildman–Crippen MR) is 68.0 cm³/mol. The van der Waals surface area contributed by atoms with Gasteiger partial charge in [-0.1, -0.05) is 11.3 Å². The molecule has 3 aromatic rings. The van der Waals surface area contributed by atoms with Crippen LogP contribution in [0.15, 0.2) is 42.9 Å². The molecule has 6 nitrogen and oxygen atoms in total. The highest BCUT2D eigenvalue weighted by Crippen LogP contribution is 2.17. The third kappa shape index (κ3) is 1.84. The van der Waals surface area contributed by atoms with E-state index in [4.69, 9.17) is 5.73 Å². The van der Waals surface area contributed by atoms with Crippen LogP contribution in [0.1, 0.15) is 0 Å². The number of benzene rings is 1. The Morgan fingerprint density at radius 1 is 1.22 bits per heavy atom. The number of nitrogens with zero attached hydrogens (tertiary/aromatic N) is 5. The normalized spacial score (nSPS) is 10.7. The molecule has 2 heterocycles. The Kier molecular flexibility index (Phi) is 2.33. The van der Waals surface area contributed by atoms with Crippen molar-refractivity contribution in [3.05, 3.63) is 42.9 Å². The number of aromatic nitrogens is 5. The zero-order chi connectivity index (χ0) is 12.5. The van der Waals surface area contributed by atoms with Gasteiger partial charge in [0.25, 0.3) is 0 Å². The molecule has 0 aliphatic heterocycles. The van der Waals surface area contributed by atoms with Crippen LogP contribution in [0.4, 0.5) is 5.69 Å². The van der Waals surface area contributed by atoms with Crippen LogP contribution in [0.3, 0.4) is 0 Å². The number of anilines is 1. The van der Waals surface area contributed by atoms with Crippen LogP contribution in [0.25, 0.3) is 16.9 Å². The Balaban J connectivity index is 1.99. The summed E-state index contributed by atoms with van der Waals surface area (Å²) in [5.74, 6) is 0. The smallest absolute Gasteiger partial charge is 0.116 e. The first-order valence-corrected chi connectivity index (χ1v) is 5.50. The molecule has 2 N–H and O–H groups in total. The fourth-order valence-electron chi connectivity index (χ4n) is 1.74. The Bertz CT molecular complexity index is 681. The molecule has 0 fully saturated rings. The average molecular weight is 240 g/mol. The maximum Gasteiger partial charge on any atom is 0.116 e. The number of aryl methyl sites for hydroxylation is 1.